The normalized spacial score (nSPS) is 12.1. The monoisotopic (exact) mass is 266 g/mol. The van der Waals surface area contributed by atoms with Crippen LogP contribution in [0.4, 0.5) is 4.39 Å². The van der Waals surface area contributed by atoms with E-state index in [4.69, 9.17) is 0 Å². The molecule has 0 nitrogen and oxygen atoms in total. The molecule has 0 aromatic heterocycles. The predicted molar refractivity (Wildman–Crippen MR) is 84.9 cm³/mol. The van der Waals surface area contributed by atoms with E-state index >= 15 is 0 Å². The number of rotatable bonds is 4. The quantitative estimate of drug-likeness (QED) is 0.685. The molecule has 0 aliphatic rings. The van der Waals surface area contributed by atoms with Crippen LogP contribution in [-0.2, 0) is 6.42 Å². The average molecular weight is 266 g/mol. The Labute approximate surface area is 120 Å². The van der Waals surface area contributed by atoms with E-state index in [1.807, 2.05) is 25.1 Å². The maximum absolute atomic E-state index is 12.8. The number of hydrogen-bond donors (Lipinski definition) is 0. The van der Waals surface area contributed by atoms with Crippen LogP contribution in [0.1, 0.15) is 30.5 Å². The molecule has 0 aliphatic heterocycles. The van der Waals surface area contributed by atoms with E-state index in [0.717, 1.165) is 12.0 Å². The van der Waals surface area contributed by atoms with Gasteiger partial charge in [-0.25, -0.2) is 4.39 Å². The van der Waals surface area contributed by atoms with Crippen LogP contribution in [0.15, 0.2) is 60.7 Å². The van der Waals surface area contributed by atoms with Crippen LogP contribution in [0.3, 0.4) is 0 Å². The van der Waals surface area contributed by atoms with Crippen molar-refractivity contribution in [2.75, 3.05) is 0 Å². The van der Waals surface area contributed by atoms with Gasteiger partial charge in [0, 0.05) is 0 Å². The summed E-state index contributed by atoms with van der Waals surface area (Å²) < 4.78 is 12.8. The van der Waals surface area contributed by atoms with Crippen LogP contribution >= 0.6 is 0 Å². The highest BCUT2D eigenvalue weighted by Crippen LogP contribution is 2.20. The van der Waals surface area contributed by atoms with Gasteiger partial charge in [-0.15, -0.1) is 0 Å². The zero-order valence-electron chi connectivity index (χ0n) is 11.9. The lowest BCUT2D eigenvalue weighted by molar-refractivity contribution is 0.627. The van der Waals surface area contributed by atoms with Gasteiger partial charge in [-0.1, -0.05) is 54.6 Å². The summed E-state index contributed by atoms with van der Waals surface area (Å²) in [4.78, 5) is 0. The zero-order chi connectivity index (χ0) is 14.4. The minimum Gasteiger partial charge on any atom is -0.207 e. The molecule has 0 atom stereocenters. The third-order valence-corrected chi connectivity index (χ3v) is 3.38. The van der Waals surface area contributed by atoms with Gasteiger partial charge in [-0.05, 0) is 54.7 Å². The van der Waals surface area contributed by atoms with E-state index in [1.165, 1.54) is 28.8 Å². The Morgan fingerprint density at radius 3 is 2.45 bits per heavy atom. The largest absolute Gasteiger partial charge is 0.207 e. The molecule has 102 valence electrons. The summed E-state index contributed by atoms with van der Waals surface area (Å²) in [5, 5.41) is 0. The molecule has 0 aliphatic carbocycles. The van der Waals surface area contributed by atoms with Gasteiger partial charge in [-0.3, -0.25) is 0 Å². The van der Waals surface area contributed by atoms with Gasteiger partial charge >= 0.3 is 0 Å². The second kappa shape index (κ2) is 6.85. The zero-order valence-corrected chi connectivity index (χ0v) is 11.9. The summed E-state index contributed by atoms with van der Waals surface area (Å²) in [6, 6.07) is 15.0. The molecule has 0 heterocycles. The van der Waals surface area contributed by atoms with Gasteiger partial charge in [0.1, 0.15) is 5.82 Å². The van der Waals surface area contributed by atoms with E-state index in [-0.39, 0.29) is 5.82 Å². The smallest absolute Gasteiger partial charge is 0.123 e. The van der Waals surface area contributed by atoms with Gasteiger partial charge in [0.25, 0.3) is 0 Å². The molecule has 2 aromatic rings. The van der Waals surface area contributed by atoms with Gasteiger partial charge in [0.15, 0.2) is 0 Å². The molecule has 0 saturated carbocycles. The number of halogens is 1. The number of benzene rings is 2. The highest BCUT2D eigenvalue weighted by molar-refractivity contribution is 5.73. The Morgan fingerprint density at radius 1 is 1.05 bits per heavy atom. The fourth-order valence-corrected chi connectivity index (χ4v) is 2.10. The lowest BCUT2D eigenvalue weighted by Crippen LogP contribution is -1.86. The van der Waals surface area contributed by atoms with Crippen LogP contribution in [0.2, 0.25) is 0 Å². The third kappa shape index (κ3) is 3.67. The topological polar surface area (TPSA) is 0 Å². The summed E-state index contributed by atoms with van der Waals surface area (Å²) in [7, 11) is 0. The minimum absolute atomic E-state index is 0.188. The Hall–Kier alpha value is -2.15. The van der Waals surface area contributed by atoms with Gasteiger partial charge in [0.05, 0.1) is 0 Å². The maximum Gasteiger partial charge on any atom is 0.123 e. The second-order valence-electron chi connectivity index (χ2n) is 4.79. The molecule has 2 rings (SSSR count). The molecule has 0 bridgehead atoms. The van der Waals surface area contributed by atoms with Crippen molar-refractivity contribution in [1.82, 2.24) is 0 Å². The first-order valence-electron chi connectivity index (χ1n) is 6.84. The lowest BCUT2D eigenvalue weighted by atomic mass is 10.00. The summed E-state index contributed by atoms with van der Waals surface area (Å²) in [5.74, 6) is -0.188. The molecule has 0 fully saturated rings. The van der Waals surface area contributed by atoms with E-state index in [1.54, 1.807) is 0 Å². The van der Waals surface area contributed by atoms with Crippen molar-refractivity contribution in [2.24, 2.45) is 0 Å². The van der Waals surface area contributed by atoms with Crippen molar-refractivity contribution in [3.8, 4) is 0 Å². The van der Waals surface area contributed by atoms with Crippen molar-refractivity contribution >= 4 is 11.6 Å². The van der Waals surface area contributed by atoms with Crippen LogP contribution in [0.5, 0.6) is 0 Å². The van der Waals surface area contributed by atoms with Crippen molar-refractivity contribution < 1.29 is 4.39 Å². The molecular weight excluding hydrogens is 247 g/mol. The van der Waals surface area contributed by atoms with E-state index in [2.05, 4.69) is 43.4 Å². The average Bonchev–Trinajstić information content (AvgIpc) is 2.49. The molecular formula is C19H19F. The molecule has 0 radical (unpaired) electrons. The van der Waals surface area contributed by atoms with Gasteiger partial charge in [-0.2, -0.15) is 0 Å². The number of hydrogen-bond acceptors (Lipinski definition) is 0. The molecule has 0 saturated heterocycles. The fraction of sp³-hybridized carbons (Fsp3) is 0.158. The highest BCUT2D eigenvalue weighted by atomic mass is 19.1. The number of allylic oxidation sites excluding steroid dienone is 3. The van der Waals surface area contributed by atoms with Gasteiger partial charge in [0.2, 0.25) is 0 Å². The van der Waals surface area contributed by atoms with E-state index in [0.29, 0.717) is 0 Å². The second-order valence-corrected chi connectivity index (χ2v) is 4.79. The van der Waals surface area contributed by atoms with Crippen LogP contribution < -0.4 is 0 Å². The first-order chi connectivity index (χ1) is 9.70. The summed E-state index contributed by atoms with van der Waals surface area (Å²) >= 11 is 0. The fourth-order valence-electron chi connectivity index (χ4n) is 2.10. The molecule has 0 unspecified atom stereocenters. The van der Waals surface area contributed by atoms with E-state index < -0.39 is 0 Å². The van der Waals surface area contributed by atoms with Crippen molar-refractivity contribution in [3.05, 3.63) is 83.2 Å². The van der Waals surface area contributed by atoms with Crippen molar-refractivity contribution in [3.63, 3.8) is 0 Å². The first-order valence-corrected chi connectivity index (χ1v) is 6.84. The summed E-state index contributed by atoms with van der Waals surface area (Å²) in [6.45, 7) is 4.17. The third-order valence-electron chi connectivity index (χ3n) is 3.38. The maximum atomic E-state index is 12.8. The minimum atomic E-state index is -0.188. The Morgan fingerprint density at radius 2 is 1.75 bits per heavy atom. The SMILES string of the molecule is C/C=C(/C)c1ccccc1/C=C\Cc1ccc(F)cc1. The molecule has 2 aromatic carbocycles. The molecule has 20 heavy (non-hydrogen) atoms. The summed E-state index contributed by atoms with van der Waals surface area (Å²) in [6.07, 6.45) is 7.18. The standard InChI is InChI=1S/C19H19F/c1-3-15(2)19-10-5-4-8-17(19)9-6-7-16-11-13-18(20)14-12-16/h3-6,8-14H,7H2,1-2H3/b9-6-,15-3-. The summed E-state index contributed by atoms with van der Waals surface area (Å²) in [5.41, 5.74) is 4.85. The Bertz CT molecular complexity index is 618. The van der Waals surface area contributed by atoms with Crippen LogP contribution in [0, 0.1) is 5.82 Å². The molecule has 1 heteroatoms. The van der Waals surface area contributed by atoms with Crippen molar-refractivity contribution in [1.29, 1.82) is 0 Å². The van der Waals surface area contributed by atoms with E-state index in [9.17, 15) is 4.39 Å². The van der Waals surface area contributed by atoms with Crippen LogP contribution in [0.25, 0.3) is 11.6 Å². The predicted octanol–water partition coefficient (Wildman–Crippen LogP) is 5.50. The van der Waals surface area contributed by atoms with Gasteiger partial charge < -0.3 is 0 Å². The highest BCUT2D eigenvalue weighted by Gasteiger charge is 1.99. The molecule has 0 amide bonds. The Kier molecular flexibility index (Phi) is 4.89. The van der Waals surface area contributed by atoms with Crippen molar-refractivity contribution in [2.45, 2.75) is 20.3 Å². The lowest BCUT2D eigenvalue weighted by Gasteiger charge is -2.05. The molecule has 0 spiro atoms. The van der Waals surface area contributed by atoms with Crippen LogP contribution in [-0.4, -0.2) is 0 Å². The Balaban J connectivity index is 2.14. The molecule has 0 N–H and O–H groups in total. The first kappa shape index (κ1) is 14.3.